The lowest BCUT2D eigenvalue weighted by molar-refractivity contribution is 0.364. The van der Waals surface area contributed by atoms with Gasteiger partial charge in [-0.25, -0.2) is 18.1 Å². The van der Waals surface area contributed by atoms with Gasteiger partial charge >= 0.3 is 0 Å². The van der Waals surface area contributed by atoms with Gasteiger partial charge in [0, 0.05) is 11.9 Å². The van der Waals surface area contributed by atoms with Crippen LogP contribution in [0.2, 0.25) is 0 Å². The van der Waals surface area contributed by atoms with Crippen LogP contribution in [0.4, 0.5) is 0 Å². The fourth-order valence-electron chi connectivity index (χ4n) is 2.15. The number of rotatable bonds is 4. The van der Waals surface area contributed by atoms with Gasteiger partial charge in [0.25, 0.3) is 10.0 Å². The fraction of sp³-hybridized carbons (Fsp3) is 0.727. The summed E-state index contributed by atoms with van der Waals surface area (Å²) in [5, 5.41) is 0.841. The Bertz CT molecular complexity index is 501. The summed E-state index contributed by atoms with van der Waals surface area (Å²) in [6.07, 6.45) is 5.66. The molecule has 1 saturated carbocycles. The van der Waals surface area contributed by atoms with Crippen molar-refractivity contribution in [2.24, 2.45) is 5.92 Å². The highest BCUT2D eigenvalue weighted by Gasteiger charge is 2.25. The smallest absolute Gasteiger partial charge is 0.249 e. The van der Waals surface area contributed by atoms with E-state index < -0.39 is 10.0 Å². The van der Waals surface area contributed by atoms with E-state index in [-0.39, 0.29) is 15.5 Å². The van der Waals surface area contributed by atoms with E-state index in [4.69, 9.17) is 11.6 Å². The van der Waals surface area contributed by atoms with E-state index in [0.29, 0.717) is 6.54 Å². The van der Waals surface area contributed by atoms with Crippen LogP contribution < -0.4 is 4.72 Å². The number of aryl methyl sites for hydroxylation is 1. The van der Waals surface area contributed by atoms with E-state index >= 15 is 0 Å². The standard InChI is InChI=1S/C11H17ClN2O2S2/c1-8-13-7-11(17-8)18(15,16)14-6-9-4-2-3-5-10(9)12/h7,9-10,14H,2-6H2,1H3. The number of hydrogen-bond donors (Lipinski definition) is 1. The largest absolute Gasteiger partial charge is 0.251 e. The van der Waals surface area contributed by atoms with Crippen LogP contribution in [0.1, 0.15) is 30.7 Å². The Morgan fingerprint density at radius 3 is 2.83 bits per heavy atom. The molecule has 0 saturated heterocycles. The molecule has 0 radical (unpaired) electrons. The SMILES string of the molecule is Cc1ncc(S(=O)(=O)NCC2CCCCC2Cl)s1. The van der Waals surface area contributed by atoms with Crippen molar-refractivity contribution in [3.8, 4) is 0 Å². The van der Waals surface area contributed by atoms with Gasteiger partial charge in [0.15, 0.2) is 4.21 Å². The Kier molecular flexibility index (Phi) is 4.64. The minimum absolute atomic E-state index is 0.0876. The minimum Gasteiger partial charge on any atom is -0.249 e. The van der Waals surface area contributed by atoms with Gasteiger partial charge in [0.2, 0.25) is 0 Å². The first kappa shape index (κ1) is 14.2. The van der Waals surface area contributed by atoms with E-state index in [2.05, 4.69) is 9.71 Å². The molecule has 0 aromatic carbocycles. The molecular formula is C11H17ClN2O2S2. The predicted molar refractivity (Wildman–Crippen MR) is 73.6 cm³/mol. The van der Waals surface area contributed by atoms with E-state index in [1.807, 2.05) is 0 Å². The predicted octanol–water partition coefficient (Wildman–Crippen LogP) is 2.53. The molecule has 2 atom stereocenters. The summed E-state index contributed by atoms with van der Waals surface area (Å²) in [7, 11) is -3.41. The molecule has 1 N–H and O–H groups in total. The van der Waals surface area contributed by atoms with Gasteiger partial charge in [-0.15, -0.1) is 22.9 Å². The van der Waals surface area contributed by atoms with Crippen molar-refractivity contribution in [2.75, 3.05) is 6.54 Å². The van der Waals surface area contributed by atoms with Crippen LogP contribution in [0.3, 0.4) is 0 Å². The third-order valence-electron chi connectivity index (χ3n) is 3.22. The molecule has 1 aliphatic rings. The van der Waals surface area contributed by atoms with Gasteiger partial charge in [0.05, 0.1) is 11.2 Å². The maximum Gasteiger partial charge on any atom is 0.251 e. The van der Waals surface area contributed by atoms with Crippen molar-refractivity contribution in [3.05, 3.63) is 11.2 Å². The first-order chi connectivity index (χ1) is 8.49. The zero-order valence-electron chi connectivity index (χ0n) is 10.2. The van der Waals surface area contributed by atoms with Crippen LogP contribution >= 0.6 is 22.9 Å². The van der Waals surface area contributed by atoms with Crippen molar-refractivity contribution in [2.45, 2.75) is 42.2 Å². The third-order valence-corrected chi connectivity index (χ3v) is 6.59. The molecule has 1 aromatic rings. The molecule has 18 heavy (non-hydrogen) atoms. The van der Waals surface area contributed by atoms with Gasteiger partial charge in [0.1, 0.15) is 0 Å². The van der Waals surface area contributed by atoms with Crippen LogP contribution in [0.5, 0.6) is 0 Å². The molecule has 102 valence electrons. The van der Waals surface area contributed by atoms with Crippen molar-refractivity contribution in [3.63, 3.8) is 0 Å². The Labute approximate surface area is 117 Å². The van der Waals surface area contributed by atoms with Crippen molar-refractivity contribution >= 4 is 33.0 Å². The van der Waals surface area contributed by atoms with Crippen LogP contribution in [0.25, 0.3) is 0 Å². The van der Waals surface area contributed by atoms with Crippen molar-refractivity contribution in [1.29, 1.82) is 0 Å². The number of nitrogens with zero attached hydrogens (tertiary/aromatic N) is 1. The van der Waals surface area contributed by atoms with Gasteiger partial charge < -0.3 is 0 Å². The highest BCUT2D eigenvalue weighted by molar-refractivity contribution is 7.91. The second-order valence-electron chi connectivity index (χ2n) is 4.61. The first-order valence-electron chi connectivity index (χ1n) is 6.05. The Balaban J connectivity index is 1.96. The molecule has 4 nitrogen and oxygen atoms in total. The number of hydrogen-bond acceptors (Lipinski definition) is 4. The molecule has 1 heterocycles. The van der Waals surface area contributed by atoms with Gasteiger partial charge in [-0.2, -0.15) is 0 Å². The van der Waals surface area contributed by atoms with Crippen molar-refractivity contribution < 1.29 is 8.42 Å². The summed E-state index contributed by atoms with van der Waals surface area (Å²) < 4.78 is 26.9. The Hall–Kier alpha value is -0.170. The number of sulfonamides is 1. The molecule has 2 rings (SSSR count). The van der Waals surface area contributed by atoms with Crippen LogP contribution in [-0.2, 0) is 10.0 Å². The van der Waals surface area contributed by atoms with Gasteiger partial charge in [-0.3, -0.25) is 0 Å². The molecule has 0 aliphatic heterocycles. The summed E-state index contributed by atoms with van der Waals surface area (Å²) in [6.45, 7) is 2.22. The van der Waals surface area contributed by atoms with Crippen LogP contribution in [0, 0.1) is 12.8 Å². The first-order valence-corrected chi connectivity index (χ1v) is 8.79. The zero-order chi connectivity index (χ0) is 13.2. The third kappa shape index (κ3) is 3.44. The number of halogens is 1. The number of alkyl halides is 1. The topological polar surface area (TPSA) is 59.1 Å². The molecule has 2 unspecified atom stereocenters. The van der Waals surface area contributed by atoms with Crippen LogP contribution in [-0.4, -0.2) is 25.3 Å². The maximum absolute atomic E-state index is 12.0. The van der Waals surface area contributed by atoms with E-state index in [9.17, 15) is 8.42 Å². The molecule has 0 bridgehead atoms. The molecule has 0 amide bonds. The Morgan fingerprint density at radius 2 is 2.22 bits per heavy atom. The quantitative estimate of drug-likeness (QED) is 0.870. The minimum atomic E-state index is -3.41. The number of aromatic nitrogens is 1. The fourth-order valence-corrected chi connectivity index (χ4v) is 4.76. The zero-order valence-corrected chi connectivity index (χ0v) is 12.6. The number of thiazole rings is 1. The molecule has 1 aliphatic carbocycles. The monoisotopic (exact) mass is 308 g/mol. The normalized spacial score (nSPS) is 25.2. The Morgan fingerprint density at radius 1 is 1.50 bits per heavy atom. The summed E-state index contributed by atoms with van der Waals surface area (Å²) in [5.41, 5.74) is 0. The highest BCUT2D eigenvalue weighted by Crippen LogP contribution is 2.28. The molecule has 7 heteroatoms. The number of nitrogens with one attached hydrogen (secondary N) is 1. The lowest BCUT2D eigenvalue weighted by Gasteiger charge is -2.26. The van der Waals surface area contributed by atoms with Crippen LogP contribution in [0.15, 0.2) is 10.4 Å². The van der Waals surface area contributed by atoms with E-state index in [1.54, 1.807) is 6.92 Å². The van der Waals surface area contributed by atoms with E-state index in [1.165, 1.54) is 17.5 Å². The lowest BCUT2D eigenvalue weighted by Crippen LogP contribution is -2.34. The average Bonchev–Trinajstić information content (AvgIpc) is 2.76. The summed E-state index contributed by atoms with van der Waals surface area (Å²) in [6, 6.07) is 0. The molecule has 0 spiro atoms. The second-order valence-corrected chi connectivity index (χ2v) is 8.40. The van der Waals surface area contributed by atoms with E-state index in [0.717, 1.165) is 30.7 Å². The van der Waals surface area contributed by atoms with Gasteiger partial charge in [-0.05, 0) is 25.7 Å². The summed E-state index contributed by atoms with van der Waals surface area (Å²) in [4.78, 5) is 3.97. The molecule has 1 aromatic heterocycles. The van der Waals surface area contributed by atoms with Crippen molar-refractivity contribution in [1.82, 2.24) is 9.71 Å². The average molecular weight is 309 g/mol. The maximum atomic E-state index is 12.0. The summed E-state index contributed by atoms with van der Waals surface area (Å²) in [5.74, 6) is 0.240. The van der Waals surface area contributed by atoms with Gasteiger partial charge in [-0.1, -0.05) is 12.8 Å². The molecule has 1 fully saturated rings. The summed E-state index contributed by atoms with van der Waals surface area (Å²) >= 11 is 7.40. The highest BCUT2D eigenvalue weighted by atomic mass is 35.5. The molecular weight excluding hydrogens is 292 g/mol. The lowest BCUT2D eigenvalue weighted by atomic mass is 9.89. The second kappa shape index (κ2) is 5.86.